The number of benzene rings is 2. The second-order valence-corrected chi connectivity index (χ2v) is 10.7. The Morgan fingerprint density at radius 1 is 1.23 bits per heavy atom. The van der Waals surface area contributed by atoms with Gasteiger partial charge in [-0.3, -0.25) is 14.8 Å². The molecule has 186 valence electrons. The molecule has 1 aliphatic heterocycles. The predicted molar refractivity (Wildman–Crippen MR) is 136 cm³/mol. The molecule has 0 spiro atoms. The molecule has 2 aromatic carbocycles. The van der Waals surface area contributed by atoms with Gasteiger partial charge in [-0.15, -0.1) is 0 Å². The van der Waals surface area contributed by atoms with Crippen molar-refractivity contribution in [2.45, 2.75) is 70.7 Å². The predicted octanol–water partition coefficient (Wildman–Crippen LogP) is 6.04. The maximum absolute atomic E-state index is 14.3. The molecule has 0 saturated carbocycles. The Kier molecular flexibility index (Phi) is 7.20. The fraction of sp³-hybridized carbons (Fsp3) is 0.407. The maximum atomic E-state index is 14.3. The van der Waals surface area contributed by atoms with Gasteiger partial charge in [-0.1, -0.05) is 23.7 Å². The standard InChI is InChI=1S/C27H32ClFN4O2/c1-16(2)35-19-8-6-7-18(14-19)30-26(34)24-15-20(23-11-12-33(32-23)27(3,4)5)25(31-24)17-9-10-21(28)22(29)13-17/h6-14,16,20,24-25,31H,15H2,1-5H3,(H,30,34)/t20-,24-,25-/m0/s1. The zero-order valence-corrected chi connectivity index (χ0v) is 21.4. The Bertz CT molecular complexity index is 1200. The van der Waals surface area contributed by atoms with E-state index in [1.54, 1.807) is 18.2 Å². The number of aromatic nitrogens is 2. The van der Waals surface area contributed by atoms with Crippen LogP contribution in [0.2, 0.25) is 5.02 Å². The first-order valence-corrected chi connectivity index (χ1v) is 12.2. The highest BCUT2D eigenvalue weighted by Crippen LogP contribution is 2.41. The Morgan fingerprint density at radius 2 is 2.00 bits per heavy atom. The van der Waals surface area contributed by atoms with Crippen LogP contribution in [0.15, 0.2) is 54.7 Å². The van der Waals surface area contributed by atoms with Crippen molar-refractivity contribution in [3.05, 3.63) is 76.8 Å². The van der Waals surface area contributed by atoms with Crippen LogP contribution < -0.4 is 15.4 Å². The van der Waals surface area contributed by atoms with Gasteiger partial charge in [0.2, 0.25) is 5.91 Å². The van der Waals surface area contributed by atoms with Crippen LogP contribution in [0, 0.1) is 5.82 Å². The minimum atomic E-state index is -0.488. The van der Waals surface area contributed by atoms with E-state index in [9.17, 15) is 9.18 Å². The third kappa shape index (κ3) is 5.85. The number of amides is 1. The van der Waals surface area contributed by atoms with E-state index in [-0.39, 0.29) is 34.5 Å². The summed E-state index contributed by atoms with van der Waals surface area (Å²) in [4.78, 5) is 13.3. The molecule has 1 saturated heterocycles. The molecule has 2 N–H and O–H groups in total. The Hall–Kier alpha value is -2.90. The van der Waals surface area contributed by atoms with Gasteiger partial charge < -0.3 is 10.1 Å². The van der Waals surface area contributed by atoms with Crippen LogP contribution in [0.1, 0.15) is 64.3 Å². The molecule has 1 amide bonds. The van der Waals surface area contributed by atoms with E-state index < -0.39 is 11.9 Å². The van der Waals surface area contributed by atoms with Gasteiger partial charge in [-0.25, -0.2) is 4.39 Å². The minimum Gasteiger partial charge on any atom is -0.491 e. The molecule has 0 radical (unpaired) electrons. The van der Waals surface area contributed by atoms with E-state index in [0.717, 1.165) is 11.3 Å². The fourth-order valence-corrected chi connectivity index (χ4v) is 4.48. The molecule has 35 heavy (non-hydrogen) atoms. The molecule has 3 atom stereocenters. The van der Waals surface area contributed by atoms with Crippen molar-refractivity contribution in [3.8, 4) is 5.75 Å². The van der Waals surface area contributed by atoms with Gasteiger partial charge in [0.15, 0.2) is 0 Å². The van der Waals surface area contributed by atoms with Crippen LogP contribution in [0.5, 0.6) is 5.75 Å². The van der Waals surface area contributed by atoms with E-state index in [0.29, 0.717) is 17.9 Å². The van der Waals surface area contributed by atoms with Crippen molar-refractivity contribution in [2.75, 3.05) is 5.32 Å². The van der Waals surface area contributed by atoms with E-state index in [1.165, 1.54) is 6.07 Å². The lowest BCUT2D eigenvalue weighted by Gasteiger charge is -2.21. The third-order valence-electron chi connectivity index (χ3n) is 6.04. The quantitative estimate of drug-likeness (QED) is 0.434. The molecular formula is C27H32ClFN4O2. The number of hydrogen-bond acceptors (Lipinski definition) is 4. The van der Waals surface area contributed by atoms with Gasteiger partial charge in [-0.05, 0) is 76.9 Å². The Labute approximate surface area is 210 Å². The molecule has 1 fully saturated rings. The van der Waals surface area contributed by atoms with E-state index in [1.807, 2.05) is 49.0 Å². The first kappa shape index (κ1) is 25.2. The van der Waals surface area contributed by atoms with Crippen LogP contribution >= 0.6 is 11.6 Å². The van der Waals surface area contributed by atoms with Crippen molar-refractivity contribution in [1.29, 1.82) is 0 Å². The number of ether oxygens (including phenoxy) is 1. The van der Waals surface area contributed by atoms with Gasteiger partial charge in [-0.2, -0.15) is 5.10 Å². The summed E-state index contributed by atoms with van der Waals surface area (Å²) in [6.07, 6.45) is 2.50. The largest absolute Gasteiger partial charge is 0.491 e. The first-order chi connectivity index (χ1) is 16.5. The second kappa shape index (κ2) is 9.99. The van der Waals surface area contributed by atoms with Gasteiger partial charge in [0.1, 0.15) is 11.6 Å². The number of hydrogen-bond donors (Lipinski definition) is 2. The summed E-state index contributed by atoms with van der Waals surface area (Å²) in [5.41, 5.74) is 2.07. The average molecular weight is 499 g/mol. The molecule has 0 bridgehead atoms. The van der Waals surface area contributed by atoms with Crippen LogP contribution in [0.4, 0.5) is 10.1 Å². The summed E-state index contributed by atoms with van der Waals surface area (Å²) >= 11 is 5.92. The Balaban J connectivity index is 1.59. The molecule has 1 aromatic heterocycles. The molecule has 0 aliphatic carbocycles. The fourth-order valence-electron chi connectivity index (χ4n) is 4.36. The zero-order valence-electron chi connectivity index (χ0n) is 20.7. The number of nitrogens with one attached hydrogen (secondary N) is 2. The summed E-state index contributed by atoms with van der Waals surface area (Å²) in [7, 11) is 0. The highest BCUT2D eigenvalue weighted by Gasteiger charge is 2.40. The van der Waals surface area contributed by atoms with Crippen molar-refractivity contribution in [2.24, 2.45) is 0 Å². The zero-order chi connectivity index (χ0) is 25.3. The number of nitrogens with zero attached hydrogens (tertiary/aromatic N) is 2. The third-order valence-corrected chi connectivity index (χ3v) is 6.35. The van der Waals surface area contributed by atoms with Gasteiger partial charge >= 0.3 is 0 Å². The molecule has 3 aromatic rings. The average Bonchev–Trinajstić information content (AvgIpc) is 3.43. The molecule has 2 heterocycles. The summed E-state index contributed by atoms with van der Waals surface area (Å²) in [5, 5.41) is 11.3. The van der Waals surface area contributed by atoms with Crippen LogP contribution in [0.3, 0.4) is 0 Å². The Morgan fingerprint density at radius 3 is 2.66 bits per heavy atom. The smallest absolute Gasteiger partial charge is 0.241 e. The number of halogens is 2. The highest BCUT2D eigenvalue weighted by atomic mass is 35.5. The summed E-state index contributed by atoms with van der Waals surface area (Å²) in [6.45, 7) is 10.1. The topological polar surface area (TPSA) is 68.2 Å². The van der Waals surface area contributed by atoms with Gasteiger partial charge in [0, 0.05) is 29.9 Å². The monoisotopic (exact) mass is 498 g/mol. The molecular weight excluding hydrogens is 467 g/mol. The van der Waals surface area contributed by atoms with E-state index in [2.05, 4.69) is 31.4 Å². The van der Waals surface area contributed by atoms with Crippen molar-refractivity contribution in [1.82, 2.24) is 15.1 Å². The molecule has 0 unspecified atom stereocenters. The molecule has 6 nitrogen and oxygen atoms in total. The minimum absolute atomic E-state index is 0.0339. The maximum Gasteiger partial charge on any atom is 0.241 e. The van der Waals surface area contributed by atoms with Crippen molar-refractivity contribution >= 4 is 23.2 Å². The number of carbonyl (C=O) groups excluding carboxylic acids is 1. The summed E-state index contributed by atoms with van der Waals surface area (Å²) in [6, 6.07) is 13.3. The normalized spacial score (nSPS) is 20.3. The molecule has 1 aliphatic rings. The molecule has 8 heteroatoms. The molecule has 4 rings (SSSR count). The lowest BCUT2D eigenvalue weighted by Crippen LogP contribution is -2.36. The number of anilines is 1. The number of carbonyl (C=O) groups is 1. The lowest BCUT2D eigenvalue weighted by atomic mass is 9.90. The first-order valence-electron chi connectivity index (χ1n) is 11.9. The van der Waals surface area contributed by atoms with Crippen LogP contribution in [-0.2, 0) is 10.3 Å². The van der Waals surface area contributed by atoms with Crippen molar-refractivity contribution in [3.63, 3.8) is 0 Å². The van der Waals surface area contributed by atoms with Gasteiger partial charge in [0.05, 0.1) is 28.4 Å². The van der Waals surface area contributed by atoms with Crippen LogP contribution in [0.25, 0.3) is 0 Å². The van der Waals surface area contributed by atoms with Crippen LogP contribution in [-0.4, -0.2) is 27.8 Å². The van der Waals surface area contributed by atoms with E-state index in [4.69, 9.17) is 21.4 Å². The SMILES string of the molecule is CC(C)Oc1cccc(NC(=O)[C@@H]2C[C@@H](c3ccn(C(C)(C)C)n3)[C@H](c3ccc(Cl)c(F)c3)N2)c1. The van der Waals surface area contributed by atoms with Gasteiger partial charge in [0.25, 0.3) is 0 Å². The number of rotatable bonds is 6. The highest BCUT2D eigenvalue weighted by molar-refractivity contribution is 6.30. The van der Waals surface area contributed by atoms with E-state index >= 15 is 0 Å². The lowest BCUT2D eigenvalue weighted by molar-refractivity contribution is -0.117. The van der Waals surface area contributed by atoms with Crippen molar-refractivity contribution < 1.29 is 13.9 Å². The second-order valence-electron chi connectivity index (χ2n) is 10.3. The summed E-state index contributed by atoms with van der Waals surface area (Å²) < 4.78 is 22.0. The summed E-state index contributed by atoms with van der Waals surface area (Å²) in [5.74, 6) is -0.0773.